The normalized spacial score (nSPS) is 20.7. The van der Waals surface area contributed by atoms with Crippen LogP contribution in [0, 0.1) is 11.8 Å². The molecular weight excluding hydrogens is 350 g/mol. The van der Waals surface area contributed by atoms with Crippen molar-refractivity contribution in [3.63, 3.8) is 0 Å². The summed E-state index contributed by atoms with van der Waals surface area (Å²) < 4.78 is 6.03. The average Bonchev–Trinajstić information content (AvgIpc) is 3.07. The van der Waals surface area contributed by atoms with Crippen molar-refractivity contribution in [2.24, 2.45) is 11.8 Å². The third kappa shape index (κ3) is 5.59. The van der Waals surface area contributed by atoms with Gasteiger partial charge < -0.3 is 15.2 Å². The standard InChI is InChI=1S/C20H25NO4S/c1-4-5-15-6-7-16(12-13(15)2)25-14(3)17-8-9-18(26-17)20(24)21-11-10-19(22)23/h4-9,12-15H,10-11H2,1-3H3,(H,21,24)(H,22,23)/b5-4+. The van der Waals surface area contributed by atoms with Gasteiger partial charge in [0.25, 0.3) is 5.91 Å². The van der Waals surface area contributed by atoms with Crippen molar-refractivity contribution in [1.82, 2.24) is 5.32 Å². The van der Waals surface area contributed by atoms with Crippen LogP contribution in [0.5, 0.6) is 0 Å². The molecule has 0 fully saturated rings. The Morgan fingerprint density at radius 3 is 2.85 bits per heavy atom. The number of nitrogens with one attached hydrogen (secondary N) is 1. The van der Waals surface area contributed by atoms with Crippen LogP contribution in [0.1, 0.15) is 47.8 Å². The lowest BCUT2D eigenvalue weighted by molar-refractivity contribution is -0.136. The summed E-state index contributed by atoms with van der Waals surface area (Å²) in [6.07, 6.45) is 10.2. The van der Waals surface area contributed by atoms with Gasteiger partial charge in [0.1, 0.15) is 11.9 Å². The van der Waals surface area contributed by atoms with Crippen molar-refractivity contribution in [3.8, 4) is 0 Å². The summed E-state index contributed by atoms with van der Waals surface area (Å²) in [6.45, 7) is 6.25. The van der Waals surface area contributed by atoms with Crippen LogP contribution >= 0.6 is 11.3 Å². The first-order valence-corrected chi connectivity index (χ1v) is 9.51. The molecule has 1 amide bonds. The second-order valence-corrected chi connectivity index (χ2v) is 7.37. The molecule has 6 heteroatoms. The lowest BCUT2D eigenvalue weighted by Gasteiger charge is -2.22. The molecule has 3 unspecified atom stereocenters. The number of aliphatic carboxylic acids is 1. The van der Waals surface area contributed by atoms with E-state index in [1.54, 1.807) is 6.07 Å². The van der Waals surface area contributed by atoms with Gasteiger partial charge in [-0.2, -0.15) is 0 Å². The number of allylic oxidation sites excluding steroid dienone is 5. The molecule has 0 saturated carbocycles. The van der Waals surface area contributed by atoms with Crippen molar-refractivity contribution >= 4 is 23.2 Å². The molecule has 140 valence electrons. The molecule has 3 atom stereocenters. The average molecular weight is 375 g/mol. The maximum atomic E-state index is 12.0. The lowest BCUT2D eigenvalue weighted by atomic mass is 9.89. The van der Waals surface area contributed by atoms with Crippen LogP contribution in [0.25, 0.3) is 0 Å². The third-order valence-corrected chi connectivity index (χ3v) is 5.37. The topological polar surface area (TPSA) is 75.6 Å². The van der Waals surface area contributed by atoms with Crippen molar-refractivity contribution in [1.29, 1.82) is 0 Å². The van der Waals surface area contributed by atoms with Gasteiger partial charge >= 0.3 is 5.97 Å². The first kappa shape index (κ1) is 20.0. The van der Waals surface area contributed by atoms with Gasteiger partial charge in [-0.25, -0.2) is 0 Å². The number of carbonyl (C=O) groups is 2. The number of thiophene rings is 1. The Bertz CT molecular complexity index is 732. The highest BCUT2D eigenvalue weighted by atomic mass is 32.1. The monoisotopic (exact) mass is 375 g/mol. The maximum Gasteiger partial charge on any atom is 0.305 e. The molecule has 0 bridgehead atoms. The van der Waals surface area contributed by atoms with Gasteiger partial charge in [-0.3, -0.25) is 9.59 Å². The van der Waals surface area contributed by atoms with Gasteiger partial charge in [-0.05, 0) is 44.1 Å². The minimum absolute atomic E-state index is 0.0869. The van der Waals surface area contributed by atoms with E-state index in [1.807, 2.05) is 26.0 Å². The third-order valence-electron chi connectivity index (χ3n) is 4.12. The van der Waals surface area contributed by atoms with E-state index < -0.39 is 5.97 Å². The minimum atomic E-state index is -0.932. The van der Waals surface area contributed by atoms with Crippen LogP contribution in [-0.4, -0.2) is 23.5 Å². The zero-order valence-electron chi connectivity index (χ0n) is 15.3. The summed E-state index contributed by atoms with van der Waals surface area (Å²) >= 11 is 1.36. The Hall–Kier alpha value is -2.34. The predicted octanol–water partition coefficient (Wildman–Crippen LogP) is 4.31. The van der Waals surface area contributed by atoms with E-state index in [0.717, 1.165) is 10.6 Å². The number of amides is 1. The van der Waals surface area contributed by atoms with Gasteiger partial charge in [-0.15, -0.1) is 11.3 Å². The summed E-state index contributed by atoms with van der Waals surface area (Å²) in [5, 5.41) is 11.2. The summed E-state index contributed by atoms with van der Waals surface area (Å²) in [7, 11) is 0. The van der Waals surface area contributed by atoms with Gasteiger partial charge in [0, 0.05) is 17.3 Å². The van der Waals surface area contributed by atoms with Crippen molar-refractivity contribution < 1.29 is 19.4 Å². The molecule has 1 aromatic heterocycles. The molecule has 1 aliphatic rings. The van der Waals surface area contributed by atoms with E-state index in [2.05, 4.69) is 36.5 Å². The summed E-state index contributed by atoms with van der Waals surface area (Å²) in [4.78, 5) is 24.0. The van der Waals surface area contributed by atoms with E-state index in [-0.39, 0.29) is 25.0 Å². The molecule has 2 rings (SSSR count). The van der Waals surface area contributed by atoms with Gasteiger partial charge in [0.05, 0.1) is 11.3 Å². The van der Waals surface area contributed by atoms with Crippen LogP contribution in [0.15, 0.2) is 48.3 Å². The van der Waals surface area contributed by atoms with E-state index >= 15 is 0 Å². The van der Waals surface area contributed by atoms with Crippen LogP contribution in [0.3, 0.4) is 0 Å². The number of carbonyl (C=O) groups excluding carboxylic acids is 1. The quantitative estimate of drug-likeness (QED) is 0.664. The molecule has 0 saturated heterocycles. The van der Waals surface area contributed by atoms with Crippen LogP contribution in [-0.2, 0) is 9.53 Å². The molecule has 0 aromatic carbocycles. The van der Waals surface area contributed by atoms with Crippen molar-refractivity contribution in [2.75, 3.05) is 6.54 Å². The number of carboxylic acid groups (broad SMARTS) is 1. The number of rotatable bonds is 8. The van der Waals surface area contributed by atoms with Crippen LogP contribution in [0.4, 0.5) is 0 Å². The molecule has 1 heterocycles. The highest BCUT2D eigenvalue weighted by molar-refractivity contribution is 7.14. The molecule has 5 nitrogen and oxygen atoms in total. The molecule has 2 N–H and O–H groups in total. The van der Waals surface area contributed by atoms with Crippen molar-refractivity contribution in [2.45, 2.75) is 33.3 Å². The zero-order chi connectivity index (χ0) is 19.1. The number of hydrogen-bond donors (Lipinski definition) is 2. The maximum absolute atomic E-state index is 12.0. The first-order valence-electron chi connectivity index (χ1n) is 8.70. The summed E-state index contributed by atoms with van der Waals surface area (Å²) in [6, 6.07) is 3.62. The predicted molar refractivity (Wildman–Crippen MR) is 103 cm³/mol. The number of hydrogen-bond acceptors (Lipinski definition) is 4. The van der Waals surface area contributed by atoms with E-state index in [4.69, 9.17) is 9.84 Å². The second kappa shape index (κ2) is 9.38. The molecule has 1 aromatic rings. The zero-order valence-corrected chi connectivity index (χ0v) is 16.1. The Balaban J connectivity index is 1.93. The Morgan fingerprint density at radius 1 is 1.42 bits per heavy atom. The summed E-state index contributed by atoms with van der Waals surface area (Å²) in [5.74, 6) is 0.419. The fraction of sp³-hybridized carbons (Fsp3) is 0.400. The van der Waals surface area contributed by atoms with Gasteiger partial charge in [0.15, 0.2) is 0 Å². The number of carboxylic acids is 1. The highest BCUT2D eigenvalue weighted by Gasteiger charge is 2.18. The fourth-order valence-corrected chi connectivity index (χ4v) is 3.58. The van der Waals surface area contributed by atoms with Crippen LogP contribution < -0.4 is 5.32 Å². The fourth-order valence-electron chi connectivity index (χ4n) is 2.67. The van der Waals surface area contributed by atoms with E-state index in [1.165, 1.54) is 11.3 Å². The minimum Gasteiger partial charge on any atom is -0.486 e. The summed E-state index contributed by atoms with van der Waals surface area (Å²) in [5.41, 5.74) is 0. The smallest absolute Gasteiger partial charge is 0.305 e. The SMILES string of the molecule is C/C=C/C1C=CC(OC(C)c2ccc(C(=O)NCCC(=O)O)s2)=CC1C. The first-order chi connectivity index (χ1) is 12.4. The number of ether oxygens (including phenoxy) is 1. The van der Waals surface area contributed by atoms with Crippen molar-refractivity contribution in [3.05, 3.63) is 58.0 Å². The largest absolute Gasteiger partial charge is 0.486 e. The second-order valence-electron chi connectivity index (χ2n) is 6.25. The van der Waals surface area contributed by atoms with E-state index in [0.29, 0.717) is 16.7 Å². The lowest BCUT2D eigenvalue weighted by Crippen LogP contribution is -2.25. The Labute approximate surface area is 158 Å². The van der Waals surface area contributed by atoms with Gasteiger partial charge in [0.2, 0.25) is 0 Å². The molecule has 0 radical (unpaired) electrons. The van der Waals surface area contributed by atoms with Crippen LogP contribution in [0.2, 0.25) is 0 Å². The Kier molecular flexibility index (Phi) is 7.21. The molecule has 0 aliphatic heterocycles. The molecule has 26 heavy (non-hydrogen) atoms. The Morgan fingerprint density at radius 2 is 2.19 bits per heavy atom. The molecular formula is C20H25NO4S. The van der Waals surface area contributed by atoms with Gasteiger partial charge in [-0.1, -0.05) is 25.2 Å². The van der Waals surface area contributed by atoms with E-state index in [9.17, 15) is 9.59 Å². The highest BCUT2D eigenvalue weighted by Crippen LogP contribution is 2.31. The molecule has 0 spiro atoms. The molecule has 1 aliphatic carbocycles.